The molecule has 2 aromatic rings. The molecule has 0 fully saturated rings. The summed E-state index contributed by atoms with van der Waals surface area (Å²) in [4.78, 5) is 8.19. The smallest absolute Gasteiger partial charge is 0.319 e. The zero-order valence-corrected chi connectivity index (χ0v) is 17.2. The highest BCUT2D eigenvalue weighted by Gasteiger charge is 2.12. The summed E-state index contributed by atoms with van der Waals surface area (Å²) in [5, 5.41) is 6.18. The number of halogens is 4. The van der Waals surface area contributed by atoms with E-state index in [1.54, 1.807) is 13.0 Å². The predicted molar refractivity (Wildman–Crippen MR) is 106 cm³/mol. The number of hydrogen-bond acceptors (Lipinski definition) is 2. The van der Waals surface area contributed by atoms with Gasteiger partial charge in [-0.1, -0.05) is 12.1 Å². The molecule has 5 nitrogen and oxygen atoms in total. The van der Waals surface area contributed by atoms with E-state index in [9.17, 15) is 13.2 Å². The first-order valence-corrected chi connectivity index (χ1v) is 8.03. The third-order valence-electron chi connectivity index (χ3n) is 3.73. The van der Waals surface area contributed by atoms with E-state index in [1.165, 1.54) is 18.5 Å². The number of nitrogens with zero attached hydrogens (tertiary/aromatic N) is 3. The highest BCUT2D eigenvalue weighted by molar-refractivity contribution is 14.0. The molecule has 0 bridgehead atoms. The Kier molecular flexibility index (Phi) is 8.89. The average Bonchev–Trinajstić information content (AvgIpc) is 3.04. The minimum atomic E-state index is -2.65. The van der Waals surface area contributed by atoms with Crippen molar-refractivity contribution in [3.8, 4) is 0 Å². The summed E-state index contributed by atoms with van der Waals surface area (Å²) in [6, 6.07) is 4.82. The van der Waals surface area contributed by atoms with E-state index >= 15 is 0 Å². The van der Waals surface area contributed by atoms with E-state index in [-0.39, 0.29) is 48.2 Å². The number of nitrogens with one attached hydrogen (secondary N) is 2. The molecule has 9 heteroatoms. The fourth-order valence-corrected chi connectivity index (χ4v) is 2.28. The predicted octanol–water partition coefficient (Wildman–Crippen LogP) is 4.16. The molecule has 1 heterocycles. The summed E-state index contributed by atoms with van der Waals surface area (Å²) >= 11 is 0. The highest BCUT2D eigenvalue weighted by atomic mass is 127. The Morgan fingerprint density at radius 2 is 2.08 bits per heavy atom. The van der Waals surface area contributed by atoms with Crippen molar-refractivity contribution < 1.29 is 13.2 Å². The molecule has 1 atom stereocenters. The minimum absolute atomic E-state index is 0. The van der Waals surface area contributed by atoms with Gasteiger partial charge >= 0.3 is 6.55 Å². The maximum Gasteiger partial charge on any atom is 0.319 e. The van der Waals surface area contributed by atoms with Crippen LogP contribution < -0.4 is 10.6 Å². The van der Waals surface area contributed by atoms with Crippen molar-refractivity contribution in [1.82, 2.24) is 20.2 Å². The molecular weight excluding hydrogens is 458 g/mol. The lowest BCUT2D eigenvalue weighted by Crippen LogP contribution is -2.38. The van der Waals surface area contributed by atoms with Crippen molar-refractivity contribution in [1.29, 1.82) is 0 Å². The molecule has 0 aliphatic rings. The van der Waals surface area contributed by atoms with E-state index in [1.807, 2.05) is 19.9 Å². The first kappa shape index (κ1) is 22.3. The number of guanidine groups is 1. The Labute approximate surface area is 168 Å². The van der Waals surface area contributed by atoms with Gasteiger partial charge in [-0.15, -0.1) is 24.0 Å². The number of benzene rings is 1. The average molecular weight is 481 g/mol. The number of aliphatic imine (C=N–C) groups is 1. The van der Waals surface area contributed by atoms with Crippen molar-refractivity contribution in [3.63, 3.8) is 0 Å². The number of alkyl halides is 2. The van der Waals surface area contributed by atoms with Crippen LogP contribution in [0.15, 0.2) is 35.6 Å². The van der Waals surface area contributed by atoms with Gasteiger partial charge in [0.15, 0.2) is 5.96 Å². The summed E-state index contributed by atoms with van der Waals surface area (Å²) in [6.45, 7) is 3.42. The topological polar surface area (TPSA) is 54.2 Å². The monoisotopic (exact) mass is 481 g/mol. The van der Waals surface area contributed by atoms with Crippen LogP contribution in [-0.4, -0.2) is 22.1 Å². The molecule has 1 aromatic carbocycles. The van der Waals surface area contributed by atoms with Gasteiger partial charge in [0.05, 0.1) is 6.04 Å². The lowest BCUT2D eigenvalue weighted by molar-refractivity contribution is 0.0671. The van der Waals surface area contributed by atoms with Crippen LogP contribution in [0.25, 0.3) is 0 Å². The third-order valence-corrected chi connectivity index (χ3v) is 3.73. The van der Waals surface area contributed by atoms with E-state index in [4.69, 9.17) is 0 Å². The van der Waals surface area contributed by atoms with Gasteiger partial charge in [0.2, 0.25) is 0 Å². The van der Waals surface area contributed by atoms with Crippen LogP contribution in [0.1, 0.15) is 43.4 Å². The molecule has 1 unspecified atom stereocenters. The molecule has 0 aliphatic heterocycles. The van der Waals surface area contributed by atoms with Crippen molar-refractivity contribution in [2.24, 2.45) is 4.99 Å². The molecule has 2 rings (SSSR count). The summed E-state index contributed by atoms with van der Waals surface area (Å²) in [5.41, 5.74) is 1.35. The van der Waals surface area contributed by atoms with Crippen LogP contribution >= 0.6 is 24.0 Å². The second-order valence-electron chi connectivity index (χ2n) is 5.60. The molecule has 1 aromatic heterocycles. The second-order valence-corrected chi connectivity index (χ2v) is 5.60. The number of aromatic nitrogens is 2. The number of imidazole rings is 1. The first-order chi connectivity index (χ1) is 11.9. The van der Waals surface area contributed by atoms with Gasteiger partial charge in [-0.3, -0.25) is 4.57 Å². The molecular formula is C17H23F3IN5. The third kappa shape index (κ3) is 5.89. The summed E-state index contributed by atoms with van der Waals surface area (Å²) < 4.78 is 40.2. The summed E-state index contributed by atoms with van der Waals surface area (Å²) in [5.74, 6) is 0.341. The van der Waals surface area contributed by atoms with Crippen molar-refractivity contribution in [3.05, 3.63) is 53.4 Å². The summed E-state index contributed by atoms with van der Waals surface area (Å²) in [7, 11) is 0. The maximum absolute atomic E-state index is 13.7. The first-order valence-electron chi connectivity index (χ1n) is 8.03. The lowest BCUT2D eigenvalue weighted by Gasteiger charge is -2.18. The highest BCUT2D eigenvalue weighted by Crippen LogP contribution is 2.16. The Bertz CT molecular complexity index is 733. The van der Waals surface area contributed by atoms with Crippen LogP contribution in [0.4, 0.5) is 13.2 Å². The van der Waals surface area contributed by atoms with Gasteiger partial charge in [-0.2, -0.15) is 8.78 Å². The normalized spacial score (nSPS) is 12.7. The molecule has 0 saturated heterocycles. The van der Waals surface area contributed by atoms with Gasteiger partial charge < -0.3 is 10.6 Å². The fraction of sp³-hybridized carbons (Fsp3) is 0.412. The van der Waals surface area contributed by atoms with E-state index in [0.717, 1.165) is 10.1 Å². The molecule has 0 spiro atoms. The van der Waals surface area contributed by atoms with Crippen LogP contribution in [-0.2, 0) is 6.54 Å². The van der Waals surface area contributed by atoms with Crippen LogP contribution in [0.2, 0.25) is 0 Å². The molecule has 0 radical (unpaired) electrons. The van der Waals surface area contributed by atoms with Crippen molar-refractivity contribution >= 4 is 29.9 Å². The Hall–Kier alpha value is -1.78. The Morgan fingerprint density at radius 1 is 1.35 bits per heavy atom. The fourth-order valence-electron chi connectivity index (χ4n) is 2.28. The minimum Gasteiger partial charge on any atom is -0.357 e. The van der Waals surface area contributed by atoms with E-state index in [0.29, 0.717) is 18.1 Å². The van der Waals surface area contributed by atoms with Crippen LogP contribution in [0, 0.1) is 12.7 Å². The Balaban J connectivity index is 0.00000338. The van der Waals surface area contributed by atoms with Gasteiger partial charge in [0, 0.05) is 18.9 Å². The van der Waals surface area contributed by atoms with Gasteiger partial charge in [0.1, 0.15) is 18.2 Å². The number of aryl methyl sites for hydroxylation is 1. The summed E-state index contributed by atoms with van der Waals surface area (Å²) in [6.07, 6.45) is 2.53. The van der Waals surface area contributed by atoms with Gasteiger partial charge in [-0.25, -0.2) is 14.4 Å². The van der Waals surface area contributed by atoms with Gasteiger partial charge in [0.25, 0.3) is 0 Å². The molecule has 2 N–H and O–H groups in total. The number of hydrogen-bond donors (Lipinski definition) is 2. The standard InChI is InChI=1S/C17H22F3N5.HI/c1-4-21-17(23-10-15-22-7-8-25(15)16(19)20)24-12(3)13-6-5-11(2)14(18)9-13;/h5-9,12,16H,4,10H2,1-3H3,(H2,21,23,24);1H. The van der Waals surface area contributed by atoms with Crippen LogP contribution in [0.3, 0.4) is 0 Å². The molecule has 144 valence electrons. The quantitative estimate of drug-likeness (QED) is 0.370. The van der Waals surface area contributed by atoms with Crippen LogP contribution in [0.5, 0.6) is 0 Å². The largest absolute Gasteiger partial charge is 0.357 e. The van der Waals surface area contributed by atoms with Crippen molar-refractivity contribution in [2.75, 3.05) is 6.54 Å². The zero-order valence-electron chi connectivity index (χ0n) is 14.8. The lowest BCUT2D eigenvalue weighted by atomic mass is 10.1. The molecule has 26 heavy (non-hydrogen) atoms. The molecule has 0 amide bonds. The molecule has 0 aliphatic carbocycles. The Morgan fingerprint density at radius 3 is 2.69 bits per heavy atom. The van der Waals surface area contributed by atoms with Crippen molar-refractivity contribution in [2.45, 2.75) is 39.9 Å². The van der Waals surface area contributed by atoms with E-state index < -0.39 is 6.55 Å². The second kappa shape index (κ2) is 10.4. The molecule has 0 saturated carbocycles. The van der Waals surface area contributed by atoms with E-state index in [2.05, 4.69) is 20.6 Å². The van der Waals surface area contributed by atoms with Gasteiger partial charge in [-0.05, 0) is 38.0 Å². The SMILES string of the molecule is CCNC(=NCc1nccn1C(F)F)NC(C)c1ccc(C)c(F)c1.I. The number of rotatable bonds is 6. The maximum atomic E-state index is 13.7. The zero-order chi connectivity index (χ0) is 18.4.